The van der Waals surface area contributed by atoms with E-state index in [0.717, 1.165) is 5.56 Å². The van der Waals surface area contributed by atoms with Gasteiger partial charge in [0, 0.05) is 12.1 Å². The Morgan fingerprint density at radius 3 is 1.84 bits per heavy atom. The van der Waals surface area contributed by atoms with Crippen molar-refractivity contribution in [3.8, 4) is 0 Å². The minimum absolute atomic E-state index is 0.108. The minimum Gasteiger partial charge on any atom is -0.273 e. The van der Waals surface area contributed by atoms with Gasteiger partial charge in [0.05, 0.1) is 16.3 Å². The Labute approximate surface area is 212 Å². The van der Waals surface area contributed by atoms with Gasteiger partial charge in [-0.25, -0.2) is 9.96 Å². The largest absolute Gasteiger partial charge is 0.273 e. The van der Waals surface area contributed by atoms with Crippen molar-refractivity contribution >= 4 is 28.9 Å². The summed E-state index contributed by atoms with van der Waals surface area (Å²) >= 11 is 0. The molecule has 0 aliphatic carbocycles. The van der Waals surface area contributed by atoms with Crippen LogP contribution in [0.5, 0.6) is 0 Å². The molecule has 2 aliphatic rings. The summed E-state index contributed by atoms with van der Waals surface area (Å²) < 4.78 is 0. The number of rotatable bonds is 5. The van der Waals surface area contributed by atoms with Gasteiger partial charge in [-0.15, -0.1) is 0 Å². The normalized spacial score (nSPS) is 22.8. The van der Waals surface area contributed by atoms with Crippen molar-refractivity contribution in [2.75, 3.05) is 9.96 Å². The molecule has 4 aromatic rings. The SMILES string of the molecule is O=C1[C@@H]2ON(c3ccccc3)[C@H](c3ccccc3)[C@@]2(c2ccc([N+](=O)[O-])cc2)C(=O)N1c1ccccc1. The number of anilines is 2. The Bertz CT molecular complexity index is 1480. The molecule has 37 heavy (non-hydrogen) atoms. The molecule has 8 heteroatoms. The average Bonchev–Trinajstić information content (AvgIpc) is 3.41. The summed E-state index contributed by atoms with van der Waals surface area (Å²) in [6.45, 7) is 0. The number of nitro benzene ring substituents is 1. The zero-order valence-electron chi connectivity index (χ0n) is 19.5. The first-order chi connectivity index (χ1) is 18.0. The highest BCUT2D eigenvalue weighted by molar-refractivity contribution is 6.28. The monoisotopic (exact) mass is 491 g/mol. The number of hydroxylamine groups is 1. The van der Waals surface area contributed by atoms with Gasteiger partial charge in [-0.3, -0.25) is 24.5 Å². The average molecular weight is 492 g/mol. The lowest BCUT2D eigenvalue weighted by molar-refractivity contribution is -0.384. The molecule has 0 spiro atoms. The fourth-order valence-electron chi connectivity index (χ4n) is 5.39. The number of amides is 2. The number of imide groups is 1. The second-order valence-corrected chi connectivity index (χ2v) is 8.95. The summed E-state index contributed by atoms with van der Waals surface area (Å²) in [6.07, 6.45) is -1.19. The molecule has 0 bridgehead atoms. The topological polar surface area (TPSA) is 93.0 Å². The number of benzene rings is 4. The smallest absolute Gasteiger partial charge is 0.269 e. The summed E-state index contributed by atoms with van der Waals surface area (Å²) in [5, 5.41) is 13.0. The molecule has 2 heterocycles. The van der Waals surface area contributed by atoms with Crippen LogP contribution in [-0.4, -0.2) is 22.8 Å². The van der Waals surface area contributed by atoms with E-state index in [-0.39, 0.29) is 5.69 Å². The molecule has 2 saturated heterocycles. The van der Waals surface area contributed by atoms with Gasteiger partial charge in [0.25, 0.3) is 11.6 Å². The van der Waals surface area contributed by atoms with E-state index in [2.05, 4.69) is 0 Å². The third-order valence-corrected chi connectivity index (χ3v) is 7.00. The number of fused-ring (bicyclic) bond motifs is 1. The summed E-state index contributed by atoms with van der Waals surface area (Å²) in [5.41, 5.74) is 0.742. The van der Waals surface area contributed by atoms with E-state index < -0.39 is 34.3 Å². The molecule has 0 N–H and O–H groups in total. The van der Waals surface area contributed by atoms with Gasteiger partial charge in [-0.05, 0) is 35.4 Å². The number of nitrogens with zero attached hydrogens (tertiary/aromatic N) is 3. The molecule has 0 aromatic heterocycles. The van der Waals surface area contributed by atoms with Gasteiger partial charge in [0.15, 0.2) is 6.10 Å². The number of nitro groups is 1. The Morgan fingerprint density at radius 1 is 0.730 bits per heavy atom. The quantitative estimate of drug-likeness (QED) is 0.222. The van der Waals surface area contributed by atoms with E-state index >= 15 is 0 Å². The van der Waals surface area contributed by atoms with Crippen LogP contribution in [0.4, 0.5) is 17.1 Å². The summed E-state index contributed by atoms with van der Waals surface area (Å²) in [6, 6.07) is 32.5. The highest BCUT2D eigenvalue weighted by Crippen LogP contribution is 2.57. The Hall–Kier alpha value is -4.82. The molecule has 0 radical (unpaired) electrons. The number of hydrogen-bond donors (Lipinski definition) is 0. The molecule has 2 aliphatic heterocycles. The number of para-hydroxylation sites is 2. The van der Waals surface area contributed by atoms with E-state index in [1.54, 1.807) is 41.5 Å². The van der Waals surface area contributed by atoms with Crippen LogP contribution in [0.25, 0.3) is 0 Å². The molecule has 4 aromatic carbocycles. The van der Waals surface area contributed by atoms with Crippen LogP contribution in [0.1, 0.15) is 17.2 Å². The summed E-state index contributed by atoms with van der Waals surface area (Å²) in [5.74, 6) is -0.941. The van der Waals surface area contributed by atoms with Crippen LogP contribution < -0.4 is 9.96 Å². The van der Waals surface area contributed by atoms with Crippen molar-refractivity contribution in [1.82, 2.24) is 0 Å². The van der Waals surface area contributed by atoms with Crippen molar-refractivity contribution in [2.45, 2.75) is 17.6 Å². The van der Waals surface area contributed by atoms with Crippen molar-refractivity contribution in [3.63, 3.8) is 0 Å². The maximum Gasteiger partial charge on any atom is 0.269 e. The first-order valence-corrected chi connectivity index (χ1v) is 11.8. The summed E-state index contributed by atoms with van der Waals surface area (Å²) in [4.78, 5) is 47.0. The molecule has 8 nitrogen and oxygen atoms in total. The fourth-order valence-corrected chi connectivity index (χ4v) is 5.39. The van der Waals surface area contributed by atoms with E-state index in [4.69, 9.17) is 4.84 Å². The Kier molecular flexibility index (Phi) is 5.31. The van der Waals surface area contributed by atoms with Crippen molar-refractivity contribution in [2.24, 2.45) is 0 Å². The third-order valence-electron chi connectivity index (χ3n) is 7.00. The zero-order chi connectivity index (χ0) is 25.6. The highest BCUT2D eigenvalue weighted by Gasteiger charge is 2.72. The van der Waals surface area contributed by atoms with Gasteiger partial charge in [0.2, 0.25) is 5.91 Å². The van der Waals surface area contributed by atoms with Gasteiger partial charge < -0.3 is 0 Å². The van der Waals surface area contributed by atoms with E-state index in [1.807, 2.05) is 66.7 Å². The van der Waals surface area contributed by atoms with Crippen LogP contribution in [-0.2, 0) is 19.8 Å². The Balaban J connectivity index is 1.62. The van der Waals surface area contributed by atoms with Gasteiger partial charge in [0.1, 0.15) is 11.5 Å². The molecule has 182 valence electrons. The first kappa shape index (κ1) is 22.6. The lowest BCUT2D eigenvalue weighted by Crippen LogP contribution is -2.46. The third kappa shape index (κ3) is 3.34. The minimum atomic E-state index is -1.50. The molecule has 2 amide bonds. The van der Waals surface area contributed by atoms with Crippen molar-refractivity contribution in [1.29, 1.82) is 0 Å². The maximum absolute atomic E-state index is 14.6. The van der Waals surface area contributed by atoms with Crippen molar-refractivity contribution in [3.05, 3.63) is 137 Å². The van der Waals surface area contributed by atoms with Crippen LogP contribution >= 0.6 is 0 Å². The van der Waals surface area contributed by atoms with Crippen LogP contribution in [0, 0.1) is 10.1 Å². The second-order valence-electron chi connectivity index (χ2n) is 8.95. The van der Waals surface area contributed by atoms with Gasteiger partial charge in [-0.1, -0.05) is 78.9 Å². The molecule has 0 saturated carbocycles. The van der Waals surface area contributed by atoms with Crippen LogP contribution in [0.15, 0.2) is 115 Å². The van der Waals surface area contributed by atoms with E-state index in [0.29, 0.717) is 16.9 Å². The fraction of sp³-hybridized carbons (Fsp3) is 0.103. The lowest BCUT2D eigenvalue weighted by Gasteiger charge is -2.35. The van der Waals surface area contributed by atoms with Gasteiger partial charge in [-0.2, -0.15) is 0 Å². The van der Waals surface area contributed by atoms with Crippen LogP contribution in [0.3, 0.4) is 0 Å². The van der Waals surface area contributed by atoms with Crippen LogP contribution in [0.2, 0.25) is 0 Å². The highest BCUT2D eigenvalue weighted by atomic mass is 16.7. The molecular weight excluding hydrogens is 470 g/mol. The second kappa shape index (κ2) is 8.69. The van der Waals surface area contributed by atoms with E-state index in [1.165, 1.54) is 17.0 Å². The lowest BCUT2D eigenvalue weighted by atomic mass is 9.69. The van der Waals surface area contributed by atoms with Crippen molar-refractivity contribution < 1.29 is 19.3 Å². The van der Waals surface area contributed by atoms with Gasteiger partial charge >= 0.3 is 0 Å². The molecular formula is C29H21N3O5. The van der Waals surface area contributed by atoms with E-state index in [9.17, 15) is 19.7 Å². The summed E-state index contributed by atoms with van der Waals surface area (Å²) in [7, 11) is 0. The zero-order valence-corrected chi connectivity index (χ0v) is 19.5. The molecule has 6 rings (SSSR count). The Morgan fingerprint density at radius 2 is 1.27 bits per heavy atom. The molecule has 3 atom stereocenters. The molecule has 2 fully saturated rings. The maximum atomic E-state index is 14.6. The first-order valence-electron chi connectivity index (χ1n) is 11.8. The number of hydrogen-bond acceptors (Lipinski definition) is 6. The number of carbonyl (C=O) groups excluding carboxylic acids is 2. The standard InChI is InChI=1S/C29H21N3O5/c33-27-26-29(21-16-18-24(19-17-21)32(35)36,28(34)30(27)22-12-6-2-7-13-22)25(20-10-4-1-5-11-20)31(37-26)23-14-8-3-9-15-23/h1-19,25-26H/t25-,26+,29-/m1/s1. The number of carbonyl (C=O) groups is 2. The predicted molar refractivity (Wildman–Crippen MR) is 137 cm³/mol. The molecule has 0 unspecified atom stereocenters. The number of non-ortho nitro benzene ring substituents is 1. The predicted octanol–water partition coefficient (Wildman–Crippen LogP) is 4.97.